The first-order valence-corrected chi connectivity index (χ1v) is 4.39. The molecule has 1 fully saturated rings. The van der Waals surface area contributed by atoms with Crippen molar-refractivity contribution in [3.05, 3.63) is 17.5 Å². The van der Waals surface area contributed by atoms with E-state index in [0.29, 0.717) is 17.9 Å². The Hall–Kier alpha value is -1.16. The van der Waals surface area contributed by atoms with Crippen LogP contribution in [0.2, 0.25) is 0 Å². The van der Waals surface area contributed by atoms with Crippen LogP contribution in [-0.4, -0.2) is 24.7 Å². The second kappa shape index (κ2) is 3.70. The first-order chi connectivity index (χ1) is 6.42. The molecule has 1 unspecified atom stereocenters. The lowest BCUT2D eigenvalue weighted by Gasteiger charge is -2.19. The van der Waals surface area contributed by atoms with Crippen molar-refractivity contribution in [1.82, 2.24) is 5.16 Å². The highest BCUT2D eigenvalue weighted by molar-refractivity contribution is 5.75. The van der Waals surface area contributed by atoms with Crippen LogP contribution in [0.25, 0.3) is 0 Å². The first-order valence-electron chi connectivity index (χ1n) is 4.39. The van der Waals surface area contributed by atoms with Crippen molar-refractivity contribution >= 4 is 6.29 Å². The molecular formula is C9H11NO3. The molecule has 1 aliphatic heterocycles. The predicted molar refractivity (Wildman–Crippen MR) is 44.7 cm³/mol. The summed E-state index contributed by atoms with van der Waals surface area (Å²) in [6, 6.07) is 0. The number of aldehydes is 1. The second-order valence-electron chi connectivity index (χ2n) is 3.18. The fourth-order valence-electron chi connectivity index (χ4n) is 1.60. The van der Waals surface area contributed by atoms with Gasteiger partial charge in [0.2, 0.25) is 0 Å². The number of ether oxygens (including phenoxy) is 1. The van der Waals surface area contributed by atoms with Gasteiger partial charge in [0, 0.05) is 12.5 Å². The largest absolute Gasteiger partial charge is 0.381 e. The van der Waals surface area contributed by atoms with Crippen molar-refractivity contribution in [2.75, 3.05) is 13.2 Å². The Morgan fingerprint density at radius 1 is 1.62 bits per heavy atom. The number of hydrogen-bond acceptors (Lipinski definition) is 4. The van der Waals surface area contributed by atoms with Gasteiger partial charge in [-0.05, 0) is 12.8 Å². The molecule has 1 aliphatic rings. The van der Waals surface area contributed by atoms with Crippen LogP contribution >= 0.6 is 0 Å². The van der Waals surface area contributed by atoms with Crippen LogP contribution in [0.5, 0.6) is 0 Å². The summed E-state index contributed by atoms with van der Waals surface area (Å²) in [5, 5.41) is 3.61. The van der Waals surface area contributed by atoms with Gasteiger partial charge in [0.25, 0.3) is 0 Å². The maximum atomic E-state index is 10.6. The summed E-state index contributed by atoms with van der Waals surface area (Å²) in [4.78, 5) is 10.6. The maximum Gasteiger partial charge on any atom is 0.155 e. The van der Waals surface area contributed by atoms with Gasteiger partial charge >= 0.3 is 0 Å². The van der Waals surface area contributed by atoms with Gasteiger partial charge < -0.3 is 9.26 Å². The van der Waals surface area contributed by atoms with Gasteiger partial charge in [0.05, 0.1) is 18.4 Å². The standard InChI is InChI=1S/C9H11NO3/c11-5-8-4-10-13-9(8)7-2-1-3-12-6-7/h4-5,7H,1-3,6H2. The van der Waals surface area contributed by atoms with Crippen LogP contribution in [0.3, 0.4) is 0 Å². The van der Waals surface area contributed by atoms with Gasteiger partial charge in [-0.1, -0.05) is 5.16 Å². The number of aromatic nitrogens is 1. The second-order valence-corrected chi connectivity index (χ2v) is 3.18. The number of carbonyl (C=O) groups excluding carboxylic acids is 1. The van der Waals surface area contributed by atoms with Crippen LogP contribution in [0.4, 0.5) is 0 Å². The molecular weight excluding hydrogens is 170 g/mol. The van der Waals surface area contributed by atoms with Crippen LogP contribution in [0.15, 0.2) is 10.7 Å². The SMILES string of the molecule is O=Cc1cnoc1C1CCCOC1. The molecule has 0 saturated carbocycles. The van der Waals surface area contributed by atoms with E-state index in [1.165, 1.54) is 6.20 Å². The topological polar surface area (TPSA) is 52.3 Å². The van der Waals surface area contributed by atoms with E-state index in [1.54, 1.807) is 0 Å². The lowest BCUT2D eigenvalue weighted by atomic mass is 9.97. The van der Waals surface area contributed by atoms with Crippen LogP contribution in [-0.2, 0) is 4.74 Å². The predicted octanol–water partition coefficient (Wildman–Crippen LogP) is 1.38. The molecule has 0 aromatic carbocycles. The average Bonchev–Trinajstić information content (AvgIpc) is 2.67. The smallest absolute Gasteiger partial charge is 0.155 e. The highest BCUT2D eigenvalue weighted by Crippen LogP contribution is 2.26. The first kappa shape index (κ1) is 8.44. The molecule has 1 aromatic heterocycles. The fraction of sp³-hybridized carbons (Fsp3) is 0.556. The fourth-order valence-corrected chi connectivity index (χ4v) is 1.60. The monoisotopic (exact) mass is 181 g/mol. The van der Waals surface area contributed by atoms with Gasteiger partial charge in [-0.2, -0.15) is 0 Å². The van der Waals surface area contributed by atoms with Crippen molar-refractivity contribution in [3.63, 3.8) is 0 Å². The Kier molecular flexibility index (Phi) is 2.40. The quantitative estimate of drug-likeness (QED) is 0.647. The van der Waals surface area contributed by atoms with Gasteiger partial charge in [-0.3, -0.25) is 4.79 Å². The summed E-state index contributed by atoms with van der Waals surface area (Å²) >= 11 is 0. The van der Waals surface area contributed by atoms with Crippen molar-refractivity contribution in [2.45, 2.75) is 18.8 Å². The normalized spacial score (nSPS) is 22.9. The van der Waals surface area contributed by atoms with Crippen LogP contribution < -0.4 is 0 Å². The molecule has 1 atom stereocenters. The summed E-state index contributed by atoms with van der Waals surface area (Å²) in [5.41, 5.74) is 0.551. The molecule has 4 nitrogen and oxygen atoms in total. The number of hydrogen-bond donors (Lipinski definition) is 0. The van der Waals surface area contributed by atoms with Gasteiger partial charge in [-0.25, -0.2) is 0 Å². The molecule has 70 valence electrons. The van der Waals surface area contributed by atoms with E-state index in [0.717, 1.165) is 25.7 Å². The highest BCUT2D eigenvalue weighted by atomic mass is 16.5. The minimum absolute atomic E-state index is 0.205. The molecule has 0 aliphatic carbocycles. The minimum Gasteiger partial charge on any atom is -0.381 e. The summed E-state index contributed by atoms with van der Waals surface area (Å²) in [7, 11) is 0. The molecule has 4 heteroatoms. The molecule has 0 bridgehead atoms. The van der Waals surface area contributed by atoms with E-state index in [4.69, 9.17) is 9.26 Å². The zero-order chi connectivity index (χ0) is 9.10. The molecule has 13 heavy (non-hydrogen) atoms. The Morgan fingerprint density at radius 3 is 3.23 bits per heavy atom. The molecule has 2 heterocycles. The summed E-state index contributed by atoms with van der Waals surface area (Å²) in [5.74, 6) is 0.881. The van der Waals surface area contributed by atoms with E-state index in [1.807, 2.05) is 0 Å². The number of carbonyl (C=O) groups is 1. The van der Waals surface area contributed by atoms with Crippen LogP contribution in [0.1, 0.15) is 34.9 Å². The minimum atomic E-state index is 0.205. The van der Waals surface area contributed by atoms with E-state index < -0.39 is 0 Å². The van der Waals surface area contributed by atoms with E-state index in [-0.39, 0.29) is 5.92 Å². The average molecular weight is 181 g/mol. The summed E-state index contributed by atoms with van der Waals surface area (Å²) in [6.45, 7) is 1.44. The summed E-state index contributed by atoms with van der Waals surface area (Å²) in [6.07, 6.45) is 4.26. The zero-order valence-corrected chi connectivity index (χ0v) is 7.23. The lowest BCUT2D eigenvalue weighted by molar-refractivity contribution is 0.0717. The zero-order valence-electron chi connectivity index (χ0n) is 7.23. The maximum absolute atomic E-state index is 10.6. The van der Waals surface area contributed by atoms with Gasteiger partial charge in [0.1, 0.15) is 0 Å². The van der Waals surface area contributed by atoms with Crippen molar-refractivity contribution in [3.8, 4) is 0 Å². The third kappa shape index (κ3) is 1.62. The number of rotatable bonds is 2. The molecule has 0 radical (unpaired) electrons. The molecule has 0 amide bonds. The molecule has 1 aromatic rings. The Bertz CT molecular complexity index is 289. The third-order valence-electron chi connectivity index (χ3n) is 2.29. The Balaban J connectivity index is 2.17. The van der Waals surface area contributed by atoms with Gasteiger partial charge in [0.15, 0.2) is 12.0 Å². The van der Waals surface area contributed by atoms with Crippen molar-refractivity contribution in [1.29, 1.82) is 0 Å². The molecule has 0 spiro atoms. The van der Waals surface area contributed by atoms with Crippen molar-refractivity contribution < 1.29 is 14.1 Å². The molecule has 1 saturated heterocycles. The van der Waals surface area contributed by atoms with E-state index in [2.05, 4.69) is 5.16 Å². The Morgan fingerprint density at radius 2 is 2.54 bits per heavy atom. The summed E-state index contributed by atoms with van der Waals surface area (Å²) < 4.78 is 10.3. The van der Waals surface area contributed by atoms with E-state index in [9.17, 15) is 4.79 Å². The molecule has 0 N–H and O–H groups in total. The number of nitrogens with zero attached hydrogens (tertiary/aromatic N) is 1. The van der Waals surface area contributed by atoms with Gasteiger partial charge in [-0.15, -0.1) is 0 Å². The highest BCUT2D eigenvalue weighted by Gasteiger charge is 2.22. The van der Waals surface area contributed by atoms with E-state index >= 15 is 0 Å². The van der Waals surface area contributed by atoms with Crippen molar-refractivity contribution in [2.24, 2.45) is 0 Å². The molecule has 2 rings (SSSR count). The third-order valence-corrected chi connectivity index (χ3v) is 2.29. The lowest BCUT2D eigenvalue weighted by Crippen LogP contribution is -2.15. The Labute approximate surface area is 75.9 Å². The van der Waals surface area contributed by atoms with Crippen LogP contribution in [0, 0.1) is 0 Å².